The van der Waals surface area contributed by atoms with Gasteiger partial charge < -0.3 is 15.6 Å². The molecule has 0 aliphatic heterocycles. The van der Waals surface area contributed by atoms with E-state index < -0.39 is 0 Å². The van der Waals surface area contributed by atoms with Gasteiger partial charge in [-0.15, -0.1) is 0 Å². The molecule has 0 radical (unpaired) electrons. The lowest BCUT2D eigenvalue weighted by atomic mass is 9.86. The number of imidazole rings is 1. The molecule has 0 aromatic carbocycles. The largest absolute Gasteiger partial charge is 0.351 e. The summed E-state index contributed by atoms with van der Waals surface area (Å²) in [6, 6.07) is -0.107. The molecule has 5 heteroatoms. The Morgan fingerprint density at radius 2 is 2.05 bits per heavy atom. The minimum atomic E-state index is -0.187. The zero-order valence-electron chi connectivity index (χ0n) is 12.6. The monoisotopic (exact) mass is 266 g/mol. The number of nitrogens with one attached hydrogen (secondary N) is 1. The molecule has 1 aromatic rings. The maximum absolute atomic E-state index is 12.2. The van der Waals surface area contributed by atoms with Crippen molar-refractivity contribution in [2.24, 2.45) is 17.1 Å². The highest BCUT2D eigenvalue weighted by Crippen LogP contribution is 2.21. The summed E-state index contributed by atoms with van der Waals surface area (Å²) < 4.78 is 1.98. The van der Waals surface area contributed by atoms with Crippen LogP contribution in [-0.2, 0) is 11.3 Å². The molecule has 0 spiro atoms. The van der Waals surface area contributed by atoms with Gasteiger partial charge in [-0.1, -0.05) is 27.7 Å². The number of rotatable bonds is 5. The van der Waals surface area contributed by atoms with Crippen LogP contribution in [0.4, 0.5) is 0 Å². The van der Waals surface area contributed by atoms with Crippen molar-refractivity contribution in [3.63, 3.8) is 0 Å². The van der Waals surface area contributed by atoms with Crippen LogP contribution in [-0.4, -0.2) is 27.5 Å². The highest BCUT2D eigenvalue weighted by atomic mass is 16.2. The molecule has 1 heterocycles. The molecule has 0 bridgehead atoms. The minimum absolute atomic E-state index is 0.00930. The lowest BCUT2D eigenvalue weighted by molar-refractivity contribution is -0.126. The van der Waals surface area contributed by atoms with Gasteiger partial charge in [-0.25, -0.2) is 4.98 Å². The lowest BCUT2D eigenvalue weighted by Crippen LogP contribution is -2.50. The summed E-state index contributed by atoms with van der Waals surface area (Å²) in [5, 5.41) is 3.11. The second-order valence-corrected chi connectivity index (χ2v) is 6.33. The van der Waals surface area contributed by atoms with Crippen molar-refractivity contribution in [2.75, 3.05) is 0 Å². The SMILES string of the molecule is CC(N)C(C)C(=O)NC(Cn1ccnc1)C(C)(C)C. The highest BCUT2D eigenvalue weighted by Gasteiger charge is 2.28. The average molecular weight is 266 g/mol. The molecule has 1 amide bonds. The fourth-order valence-corrected chi connectivity index (χ4v) is 1.68. The van der Waals surface area contributed by atoms with Crippen LogP contribution in [0.5, 0.6) is 0 Å². The van der Waals surface area contributed by atoms with Crippen LogP contribution in [0.3, 0.4) is 0 Å². The van der Waals surface area contributed by atoms with Crippen LogP contribution in [0, 0.1) is 11.3 Å². The molecule has 108 valence electrons. The van der Waals surface area contributed by atoms with E-state index in [1.165, 1.54) is 0 Å². The van der Waals surface area contributed by atoms with Gasteiger partial charge in [0.25, 0.3) is 0 Å². The van der Waals surface area contributed by atoms with Crippen LogP contribution < -0.4 is 11.1 Å². The van der Waals surface area contributed by atoms with Gasteiger partial charge >= 0.3 is 0 Å². The van der Waals surface area contributed by atoms with Crippen LogP contribution in [0.2, 0.25) is 0 Å². The van der Waals surface area contributed by atoms with Crippen LogP contribution >= 0.6 is 0 Å². The average Bonchev–Trinajstić information content (AvgIpc) is 2.78. The number of hydrogen-bond acceptors (Lipinski definition) is 3. The van der Waals surface area contributed by atoms with Crippen molar-refractivity contribution in [3.8, 4) is 0 Å². The Balaban J connectivity index is 2.73. The maximum Gasteiger partial charge on any atom is 0.224 e. The third kappa shape index (κ3) is 4.67. The fourth-order valence-electron chi connectivity index (χ4n) is 1.68. The smallest absolute Gasteiger partial charge is 0.224 e. The van der Waals surface area contributed by atoms with E-state index in [0.717, 1.165) is 0 Å². The molecule has 3 atom stereocenters. The van der Waals surface area contributed by atoms with E-state index in [1.54, 1.807) is 12.5 Å². The molecule has 0 aliphatic rings. The van der Waals surface area contributed by atoms with E-state index in [1.807, 2.05) is 24.6 Å². The highest BCUT2D eigenvalue weighted by molar-refractivity contribution is 5.79. The molecule has 0 saturated heterocycles. The van der Waals surface area contributed by atoms with E-state index in [2.05, 4.69) is 31.1 Å². The topological polar surface area (TPSA) is 72.9 Å². The first-order valence-corrected chi connectivity index (χ1v) is 6.73. The van der Waals surface area contributed by atoms with Crippen LogP contribution in [0.15, 0.2) is 18.7 Å². The first kappa shape index (κ1) is 15.7. The predicted molar refractivity (Wildman–Crippen MR) is 76.4 cm³/mol. The quantitative estimate of drug-likeness (QED) is 0.846. The van der Waals surface area contributed by atoms with Gasteiger partial charge in [0.15, 0.2) is 0 Å². The van der Waals surface area contributed by atoms with Gasteiger partial charge in [-0.2, -0.15) is 0 Å². The van der Waals surface area contributed by atoms with Crippen molar-refractivity contribution in [2.45, 2.75) is 53.2 Å². The third-order valence-corrected chi connectivity index (χ3v) is 3.52. The summed E-state index contributed by atoms with van der Waals surface area (Å²) in [6.45, 7) is 10.8. The Kier molecular flexibility index (Phi) is 5.11. The normalized spacial score (nSPS) is 16.7. The Labute approximate surface area is 115 Å². The maximum atomic E-state index is 12.2. The standard InChI is InChI=1S/C14H26N4O/c1-10(11(2)15)13(19)17-12(14(3,4)5)8-18-7-6-16-9-18/h6-7,9-12H,8,15H2,1-5H3,(H,17,19). The van der Waals surface area contributed by atoms with E-state index in [4.69, 9.17) is 5.73 Å². The lowest BCUT2D eigenvalue weighted by Gasteiger charge is -2.33. The van der Waals surface area contributed by atoms with Crippen molar-refractivity contribution in [1.29, 1.82) is 0 Å². The third-order valence-electron chi connectivity index (χ3n) is 3.52. The summed E-state index contributed by atoms with van der Waals surface area (Å²) in [5.74, 6) is -0.178. The van der Waals surface area contributed by atoms with Crippen molar-refractivity contribution in [1.82, 2.24) is 14.9 Å². The molecular weight excluding hydrogens is 240 g/mol. The molecule has 5 nitrogen and oxygen atoms in total. The summed E-state index contributed by atoms with van der Waals surface area (Å²) >= 11 is 0. The number of carbonyl (C=O) groups is 1. The molecule has 1 rings (SSSR count). The first-order chi connectivity index (χ1) is 8.71. The second-order valence-electron chi connectivity index (χ2n) is 6.33. The van der Waals surface area contributed by atoms with Gasteiger partial charge in [-0.3, -0.25) is 4.79 Å². The zero-order valence-corrected chi connectivity index (χ0v) is 12.6. The van der Waals surface area contributed by atoms with E-state index in [9.17, 15) is 4.79 Å². The van der Waals surface area contributed by atoms with Gasteiger partial charge in [0, 0.05) is 30.9 Å². The molecule has 3 N–H and O–H groups in total. The number of hydrogen-bond donors (Lipinski definition) is 2. The first-order valence-electron chi connectivity index (χ1n) is 6.73. The van der Waals surface area contributed by atoms with Crippen molar-refractivity contribution >= 4 is 5.91 Å². The van der Waals surface area contributed by atoms with Crippen molar-refractivity contribution in [3.05, 3.63) is 18.7 Å². The van der Waals surface area contributed by atoms with Gasteiger partial charge in [0.2, 0.25) is 5.91 Å². The molecular formula is C14H26N4O. The van der Waals surface area contributed by atoms with Gasteiger partial charge in [-0.05, 0) is 12.3 Å². The molecule has 19 heavy (non-hydrogen) atoms. The van der Waals surface area contributed by atoms with Gasteiger partial charge in [0.05, 0.1) is 12.4 Å². The number of nitrogens with zero attached hydrogens (tertiary/aromatic N) is 2. The molecule has 1 aromatic heterocycles. The van der Waals surface area contributed by atoms with Crippen LogP contribution in [0.1, 0.15) is 34.6 Å². The van der Waals surface area contributed by atoms with Gasteiger partial charge in [0.1, 0.15) is 0 Å². The minimum Gasteiger partial charge on any atom is -0.351 e. The Hall–Kier alpha value is -1.36. The summed E-state index contributed by atoms with van der Waals surface area (Å²) in [5.41, 5.74) is 5.75. The molecule has 0 saturated carbocycles. The Bertz CT molecular complexity index is 392. The molecule has 0 aliphatic carbocycles. The summed E-state index contributed by atoms with van der Waals surface area (Å²) in [4.78, 5) is 16.2. The number of aromatic nitrogens is 2. The summed E-state index contributed by atoms with van der Waals surface area (Å²) in [6.07, 6.45) is 5.41. The predicted octanol–water partition coefficient (Wildman–Crippen LogP) is 1.40. The fraction of sp³-hybridized carbons (Fsp3) is 0.714. The second kappa shape index (κ2) is 6.19. The van der Waals surface area contributed by atoms with E-state index in [-0.39, 0.29) is 29.3 Å². The number of carbonyl (C=O) groups excluding carboxylic acids is 1. The summed E-state index contributed by atoms with van der Waals surface area (Å²) in [7, 11) is 0. The van der Waals surface area contributed by atoms with Crippen LogP contribution in [0.25, 0.3) is 0 Å². The van der Waals surface area contributed by atoms with E-state index >= 15 is 0 Å². The molecule has 3 unspecified atom stereocenters. The number of amides is 1. The van der Waals surface area contributed by atoms with E-state index in [0.29, 0.717) is 6.54 Å². The Morgan fingerprint density at radius 1 is 1.42 bits per heavy atom. The van der Waals surface area contributed by atoms with Crippen molar-refractivity contribution < 1.29 is 4.79 Å². The Morgan fingerprint density at radius 3 is 2.47 bits per heavy atom. The molecule has 0 fully saturated rings. The number of nitrogens with two attached hydrogens (primary N) is 1. The zero-order chi connectivity index (χ0) is 14.6.